The summed E-state index contributed by atoms with van der Waals surface area (Å²) in [7, 11) is 1.37. The Bertz CT molecular complexity index is 1170. The van der Waals surface area contributed by atoms with Crippen LogP contribution in [0.2, 0.25) is 0 Å². The second-order valence-electron chi connectivity index (χ2n) is 7.86. The highest BCUT2D eigenvalue weighted by Gasteiger charge is 2.21. The Hall–Kier alpha value is -2.86. The third-order valence-corrected chi connectivity index (χ3v) is 6.53. The van der Waals surface area contributed by atoms with Crippen LogP contribution in [0.15, 0.2) is 63.9 Å². The molecule has 0 fully saturated rings. The van der Waals surface area contributed by atoms with E-state index in [9.17, 15) is 9.59 Å². The van der Waals surface area contributed by atoms with E-state index in [1.807, 2.05) is 22.8 Å². The first-order chi connectivity index (χ1) is 15.0. The van der Waals surface area contributed by atoms with E-state index in [4.69, 9.17) is 4.74 Å². The maximum atomic E-state index is 12.7. The molecule has 6 heteroatoms. The Labute approximate surface area is 190 Å². The number of carbonyl (C=O) groups excluding carboxylic acids is 1. The number of aryl methyl sites for hydroxylation is 2. The molecular weight excluding hydrogens is 456 g/mol. The molecule has 5 nitrogen and oxygen atoms in total. The van der Waals surface area contributed by atoms with E-state index in [1.54, 1.807) is 18.2 Å². The first kappa shape index (κ1) is 21.4. The number of hydrogen-bond acceptors (Lipinski definition) is 4. The molecule has 0 unspecified atom stereocenters. The van der Waals surface area contributed by atoms with Crippen LogP contribution in [-0.2, 0) is 30.7 Å². The quantitative estimate of drug-likeness (QED) is 0.487. The molecule has 3 aromatic rings. The molecule has 31 heavy (non-hydrogen) atoms. The minimum Gasteiger partial charge on any atom is -0.465 e. The number of halogens is 1. The number of esters is 1. The van der Waals surface area contributed by atoms with Crippen LogP contribution in [0.25, 0.3) is 0 Å². The predicted octanol–water partition coefficient (Wildman–Crippen LogP) is 4.51. The minimum atomic E-state index is -0.349. The molecule has 2 aromatic carbocycles. The van der Waals surface area contributed by atoms with Gasteiger partial charge in [-0.2, -0.15) is 0 Å². The van der Waals surface area contributed by atoms with Gasteiger partial charge in [0.25, 0.3) is 5.56 Å². The monoisotopic (exact) mass is 480 g/mol. The van der Waals surface area contributed by atoms with Crippen molar-refractivity contribution in [2.45, 2.75) is 32.9 Å². The zero-order chi connectivity index (χ0) is 22.0. The SMILES string of the molecule is COC(=O)c1ccc(CCn2c(CN3CCc4ccc(C)cc43)c(Br)ccc2=O)cc1. The Morgan fingerprint density at radius 1 is 1.10 bits per heavy atom. The van der Waals surface area contributed by atoms with Crippen LogP contribution in [0.1, 0.15) is 32.7 Å². The molecule has 1 aromatic heterocycles. The van der Waals surface area contributed by atoms with Gasteiger partial charge in [0.2, 0.25) is 0 Å². The number of benzene rings is 2. The molecule has 160 valence electrons. The highest BCUT2D eigenvalue weighted by atomic mass is 79.9. The van der Waals surface area contributed by atoms with Crippen molar-refractivity contribution in [3.05, 3.63) is 97.4 Å². The van der Waals surface area contributed by atoms with Crippen molar-refractivity contribution in [3.63, 3.8) is 0 Å². The van der Waals surface area contributed by atoms with Crippen molar-refractivity contribution in [2.24, 2.45) is 0 Å². The standard InChI is InChI=1S/C25H25BrN2O3/c1-17-3-6-19-12-13-27(22(19)15-17)16-23-21(26)9-10-24(29)28(23)14-11-18-4-7-20(8-5-18)25(30)31-2/h3-10,15H,11-14,16H2,1-2H3. The fourth-order valence-corrected chi connectivity index (χ4v) is 4.54. The van der Waals surface area contributed by atoms with Gasteiger partial charge in [-0.1, -0.05) is 24.3 Å². The van der Waals surface area contributed by atoms with Crippen LogP contribution in [0.3, 0.4) is 0 Å². The smallest absolute Gasteiger partial charge is 0.337 e. The molecule has 0 amide bonds. The molecule has 0 radical (unpaired) electrons. The maximum absolute atomic E-state index is 12.7. The zero-order valence-electron chi connectivity index (χ0n) is 17.7. The van der Waals surface area contributed by atoms with Crippen LogP contribution in [0.4, 0.5) is 5.69 Å². The lowest BCUT2D eigenvalue weighted by Crippen LogP contribution is -2.29. The molecule has 0 saturated heterocycles. The number of nitrogens with zero attached hydrogens (tertiary/aromatic N) is 2. The Morgan fingerprint density at radius 3 is 2.61 bits per heavy atom. The normalized spacial score (nSPS) is 12.7. The molecule has 0 aliphatic carbocycles. The number of pyridine rings is 1. The lowest BCUT2D eigenvalue weighted by atomic mass is 10.1. The lowest BCUT2D eigenvalue weighted by molar-refractivity contribution is 0.0600. The van der Waals surface area contributed by atoms with Gasteiger partial charge in [0.05, 0.1) is 24.9 Å². The van der Waals surface area contributed by atoms with Gasteiger partial charge in [0.15, 0.2) is 0 Å². The van der Waals surface area contributed by atoms with E-state index in [0.29, 0.717) is 25.1 Å². The number of rotatable bonds is 6. The lowest BCUT2D eigenvalue weighted by Gasteiger charge is -2.23. The second-order valence-corrected chi connectivity index (χ2v) is 8.71. The third-order valence-electron chi connectivity index (χ3n) is 5.81. The van der Waals surface area contributed by atoms with Crippen LogP contribution in [0.5, 0.6) is 0 Å². The van der Waals surface area contributed by atoms with Crippen LogP contribution in [0, 0.1) is 6.92 Å². The number of carbonyl (C=O) groups is 1. The van der Waals surface area contributed by atoms with Crippen LogP contribution >= 0.6 is 15.9 Å². The molecule has 0 N–H and O–H groups in total. The molecule has 1 aliphatic heterocycles. The number of methoxy groups -OCH3 is 1. The summed E-state index contributed by atoms with van der Waals surface area (Å²) in [6.45, 7) is 4.30. The van der Waals surface area contributed by atoms with Gasteiger partial charge in [-0.25, -0.2) is 4.79 Å². The van der Waals surface area contributed by atoms with Gasteiger partial charge in [0.1, 0.15) is 0 Å². The zero-order valence-corrected chi connectivity index (χ0v) is 19.3. The molecule has 0 atom stereocenters. The first-order valence-corrected chi connectivity index (χ1v) is 11.2. The number of fused-ring (bicyclic) bond motifs is 1. The van der Waals surface area contributed by atoms with Crippen molar-refractivity contribution in [2.75, 3.05) is 18.6 Å². The summed E-state index contributed by atoms with van der Waals surface area (Å²) in [4.78, 5) is 26.7. The molecular formula is C25H25BrN2O3. The van der Waals surface area contributed by atoms with Gasteiger partial charge < -0.3 is 14.2 Å². The number of anilines is 1. The summed E-state index contributed by atoms with van der Waals surface area (Å²) in [5, 5.41) is 0. The van der Waals surface area contributed by atoms with Gasteiger partial charge in [-0.3, -0.25) is 4.79 Å². The van der Waals surface area contributed by atoms with Crippen molar-refractivity contribution in [3.8, 4) is 0 Å². The first-order valence-electron chi connectivity index (χ1n) is 10.4. The van der Waals surface area contributed by atoms with E-state index >= 15 is 0 Å². The molecule has 1 aliphatic rings. The van der Waals surface area contributed by atoms with E-state index in [2.05, 4.69) is 46.0 Å². The number of ether oxygens (including phenoxy) is 1. The van der Waals surface area contributed by atoms with Gasteiger partial charge in [0, 0.05) is 29.3 Å². The summed E-state index contributed by atoms with van der Waals surface area (Å²) in [6.07, 6.45) is 1.72. The third kappa shape index (κ3) is 4.59. The average Bonchev–Trinajstić information content (AvgIpc) is 3.17. The van der Waals surface area contributed by atoms with Crippen molar-refractivity contribution in [1.29, 1.82) is 0 Å². The summed E-state index contributed by atoms with van der Waals surface area (Å²) >= 11 is 3.66. The summed E-state index contributed by atoms with van der Waals surface area (Å²) in [5.74, 6) is -0.349. The summed E-state index contributed by atoms with van der Waals surface area (Å²) in [5.41, 5.74) is 6.42. The van der Waals surface area contributed by atoms with Crippen LogP contribution in [-0.4, -0.2) is 24.2 Å². The van der Waals surface area contributed by atoms with Crippen LogP contribution < -0.4 is 10.5 Å². The minimum absolute atomic E-state index is 0.00644. The van der Waals surface area contributed by atoms with Gasteiger partial charge in [-0.05, 0) is 76.7 Å². The fraction of sp³-hybridized carbons (Fsp3) is 0.280. The topological polar surface area (TPSA) is 51.5 Å². The fourth-order valence-electron chi connectivity index (χ4n) is 4.07. The van der Waals surface area contributed by atoms with Crippen molar-refractivity contribution >= 4 is 27.6 Å². The van der Waals surface area contributed by atoms with E-state index in [1.165, 1.54) is 23.9 Å². The van der Waals surface area contributed by atoms with Gasteiger partial charge in [-0.15, -0.1) is 0 Å². The molecule has 0 bridgehead atoms. The molecule has 0 saturated carbocycles. The number of aromatic nitrogens is 1. The van der Waals surface area contributed by atoms with Crippen molar-refractivity contribution in [1.82, 2.24) is 4.57 Å². The predicted molar refractivity (Wildman–Crippen MR) is 126 cm³/mol. The maximum Gasteiger partial charge on any atom is 0.337 e. The van der Waals surface area contributed by atoms with E-state index in [-0.39, 0.29) is 11.5 Å². The van der Waals surface area contributed by atoms with E-state index in [0.717, 1.165) is 28.7 Å². The van der Waals surface area contributed by atoms with Crippen molar-refractivity contribution < 1.29 is 9.53 Å². The van der Waals surface area contributed by atoms with E-state index < -0.39 is 0 Å². The number of hydrogen-bond donors (Lipinski definition) is 0. The highest BCUT2D eigenvalue weighted by molar-refractivity contribution is 9.10. The highest BCUT2D eigenvalue weighted by Crippen LogP contribution is 2.31. The summed E-state index contributed by atoms with van der Waals surface area (Å²) < 4.78 is 7.54. The molecule has 2 heterocycles. The van der Waals surface area contributed by atoms with Gasteiger partial charge >= 0.3 is 5.97 Å². The summed E-state index contributed by atoms with van der Waals surface area (Å²) in [6, 6.07) is 17.4. The Morgan fingerprint density at radius 2 is 1.87 bits per heavy atom. The second kappa shape index (κ2) is 9.10. The largest absolute Gasteiger partial charge is 0.465 e. The molecule has 4 rings (SSSR count). The average molecular weight is 481 g/mol. The Kier molecular flexibility index (Phi) is 6.28. The Balaban J connectivity index is 1.56. The molecule has 0 spiro atoms.